The molecule has 0 aliphatic carbocycles. The number of ether oxygens (including phenoxy) is 2. The number of fused-ring (bicyclic) bond motifs is 1. The van der Waals surface area contributed by atoms with Gasteiger partial charge in [-0.3, -0.25) is 5.10 Å². The molecule has 0 atom stereocenters. The number of hydrogen-bond acceptors (Lipinski definition) is 5. The van der Waals surface area contributed by atoms with Crippen molar-refractivity contribution in [3.63, 3.8) is 0 Å². The van der Waals surface area contributed by atoms with Gasteiger partial charge in [0, 0.05) is 16.9 Å². The van der Waals surface area contributed by atoms with Crippen molar-refractivity contribution in [1.29, 1.82) is 0 Å². The Morgan fingerprint density at radius 3 is 2.81 bits per heavy atom. The van der Waals surface area contributed by atoms with Gasteiger partial charge in [-0.15, -0.1) is 5.10 Å². The molecule has 2 aromatic carbocycles. The van der Waals surface area contributed by atoms with Gasteiger partial charge < -0.3 is 9.47 Å². The summed E-state index contributed by atoms with van der Waals surface area (Å²) in [5, 5.41) is 7.52. The average molecular weight is 387 g/mol. The molecule has 0 amide bonds. The van der Waals surface area contributed by atoms with Crippen LogP contribution in [0.1, 0.15) is 22.5 Å². The van der Waals surface area contributed by atoms with Gasteiger partial charge in [0.1, 0.15) is 23.2 Å². The first kappa shape index (κ1) is 17.7. The van der Waals surface area contributed by atoms with Gasteiger partial charge in [-0.1, -0.05) is 30.0 Å². The zero-order valence-corrected chi connectivity index (χ0v) is 14.9. The Balaban J connectivity index is 1.43. The number of H-pyrrole nitrogens is 1. The maximum atomic E-state index is 13.8. The minimum absolute atomic E-state index is 0.162. The van der Waals surface area contributed by atoms with Crippen molar-refractivity contribution in [1.82, 2.24) is 15.2 Å². The van der Waals surface area contributed by atoms with E-state index in [1.807, 2.05) is 6.08 Å². The van der Waals surface area contributed by atoms with E-state index in [1.165, 1.54) is 36.0 Å². The van der Waals surface area contributed by atoms with E-state index >= 15 is 0 Å². The van der Waals surface area contributed by atoms with Crippen molar-refractivity contribution < 1.29 is 18.3 Å². The van der Waals surface area contributed by atoms with E-state index in [1.54, 1.807) is 18.2 Å². The highest BCUT2D eigenvalue weighted by molar-refractivity contribution is 7.98. The lowest BCUT2D eigenvalue weighted by Gasteiger charge is -2.20. The molecule has 0 fully saturated rings. The molecule has 0 spiro atoms. The van der Waals surface area contributed by atoms with Gasteiger partial charge in [0.2, 0.25) is 5.16 Å². The van der Waals surface area contributed by atoms with E-state index in [4.69, 9.17) is 9.47 Å². The van der Waals surface area contributed by atoms with Crippen LogP contribution in [0.15, 0.2) is 41.6 Å². The number of rotatable bonds is 5. The third-order valence-corrected chi connectivity index (χ3v) is 4.79. The summed E-state index contributed by atoms with van der Waals surface area (Å²) < 4.78 is 37.4. The van der Waals surface area contributed by atoms with Gasteiger partial charge in [-0.05, 0) is 35.9 Å². The molecule has 3 aromatic rings. The Hall–Kier alpha value is -2.71. The van der Waals surface area contributed by atoms with Gasteiger partial charge in [0.25, 0.3) is 0 Å². The summed E-state index contributed by atoms with van der Waals surface area (Å²) in [6.45, 7) is 0.499. The minimum atomic E-state index is -0.323. The van der Waals surface area contributed by atoms with Crippen LogP contribution in [0.5, 0.6) is 5.75 Å². The number of nitrogens with one attached hydrogen (secondary N) is 1. The molecule has 2 heterocycles. The molecule has 1 aliphatic rings. The SMILES string of the molecule is Fc1ccc(C=Cc2nc(SCc3cc(F)cc4c3OCOC4)n[nH]2)cc1. The molecule has 5 nitrogen and oxygen atoms in total. The number of benzene rings is 2. The molecule has 0 bridgehead atoms. The number of nitrogens with zero attached hydrogens (tertiary/aromatic N) is 2. The van der Waals surface area contributed by atoms with Crippen LogP contribution in [0.4, 0.5) is 8.78 Å². The highest BCUT2D eigenvalue weighted by Gasteiger charge is 2.17. The Morgan fingerprint density at radius 1 is 1.11 bits per heavy atom. The minimum Gasteiger partial charge on any atom is -0.467 e. The van der Waals surface area contributed by atoms with Crippen molar-refractivity contribution >= 4 is 23.9 Å². The first-order valence-electron chi connectivity index (χ1n) is 8.18. The highest BCUT2D eigenvalue weighted by Crippen LogP contribution is 2.33. The summed E-state index contributed by atoms with van der Waals surface area (Å²) in [7, 11) is 0. The number of thioether (sulfide) groups is 1. The quantitative estimate of drug-likeness (QED) is 0.657. The lowest BCUT2D eigenvalue weighted by atomic mass is 10.1. The summed E-state index contributed by atoms with van der Waals surface area (Å²) >= 11 is 1.38. The zero-order valence-electron chi connectivity index (χ0n) is 14.1. The van der Waals surface area contributed by atoms with Crippen LogP contribution in [-0.2, 0) is 17.1 Å². The van der Waals surface area contributed by atoms with Crippen molar-refractivity contribution in [2.75, 3.05) is 6.79 Å². The fourth-order valence-electron chi connectivity index (χ4n) is 2.65. The molecule has 0 unspecified atom stereocenters. The van der Waals surface area contributed by atoms with E-state index < -0.39 is 0 Å². The fraction of sp³-hybridized carbons (Fsp3) is 0.158. The molecular formula is C19H15F2N3O2S. The highest BCUT2D eigenvalue weighted by atomic mass is 32.2. The van der Waals surface area contributed by atoms with Gasteiger partial charge in [0.05, 0.1) is 6.61 Å². The summed E-state index contributed by atoms with van der Waals surface area (Å²) in [4.78, 5) is 4.37. The first-order valence-corrected chi connectivity index (χ1v) is 9.16. The smallest absolute Gasteiger partial charge is 0.209 e. The number of aromatic amines is 1. The molecule has 0 radical (unpaired) electrons. The third-order valence-electron chi connectivity index (χ3n) is 3.89. The topological polar surface area (TPSA) is 60.0 Å². The predicted octanol–water partition coefficient (Wildman–Crippen LogP) is 4.41. The second-order valence-electron chi connectivity index (χ2n) is 5.84. The second-order valence-corrected chi connectivity index (χ2v) is 6.78. The maximum Gasteiger partial charge on any atom is 0.209 e. The summed E-state index contributed by atoms with van der Waals surface area (Å²) in [6, 6.07) is 9.03. The lowest BCUT2D eigenvalue weighted by molar-refractivity contribution is -0.0171. The Labute approximate surface area is 158 Å². The monoisotopic (exact) mass is 387 g/mol. The van der Waals surface area contributed by atoms with Crippen molar-refractivity contribution in [3.8, 4) is 5.75 Å². The number of hydrogen-bond donors (Lipinski definition) is 1. The van der Waals surface area contributed by atoms with Crippen LogP contribution < -0.4 is 4.74 Å². The standard InChI is InChI=1S/C19H15F2N3O2S/c20-15-4-1-12(2-5-15)3-6-17-22-19(24-23-17)27-10-14-8-16(21)7-13-9-25-11-26-18(13)14/h1-8H,9-11H2,(H,22,23,24). The van der Waals surface area contributed by atoms with Crippen LogP contribution in [0, 0.1) is 11.6 Å². The molecule has 8 heteroatoms. The molecule has 27 heavy (non-hydrogen) atoms. The van der Waals surface area contributed by atoms with Gasteiger partial charge >= 0.3 is 0 Å². The maximum absolute atomic E-state index is 13.8. The van der Waals surface area contributed by atoms with Gasteiger partial charge in [0.15, 0.2) is 6.79 Å². The van der Waals surface area contributed by atoms with E-state index in [0.717, 1.165) is 11.1 Å². The molecular weight excluding hydrogens is 372 g/mol. The number of aromatic nitrogens is 3. The van der Waals surface area contributed by atoms with Gasteiger partial charge in [-0.2, -0.15) is 0 Å². The lowest BCUT2D eigenvalue weighted by Crippen LogP contribution is -2.13. The Bertz CT molecular complexity index is 974. The normalized spacial score (nSPS) is 13.6. The van der Waals surface area contributed by atoms with Crippen molar-refractivity contribution in [2.24, 2.45) is 0 Å². The van der Waals surface area contributed by atoms with Crippen molar-refractivity contribution in [3.05, 3.63) is 70.5 Å². The van der Waals surface area contributed by atoms with Gasteiger partial charge in [-0.25, -0.2) is 13.8 Å². The zero-order chi connectivity index (χ0) is 18.6. The molecule has 138 valence electrons. The fourth-order valence-corrected chi connectivity index (χ4v) is 3.42. The largest absolute Gasteiger partial charge is 0.467 e. The first-order chi connectivity index (χ1) is 13.2. The van der Waals surface area contributed by atoms with Crippen LogP contribution in [0.3, 0.4) is 0 Å². The van der Waals surface area contributed by atoms with Crippen LogP contribution in [-0.4, -0.2) is 22.0 Å². The molecule has 4 rings (SSSR count). The predicted molar refractivity (Wildman–Crippen MR) is 98.0 cm³/mol. The van der Waals surface area contributed by atoms with E-state index in [9.17, 15) is 8.78 Å². The van der Waals surface area contributed by atoms with E-state index in [0.29, 0.717) is 34.7 Å². The molecule has 0 saturated carbocycles. The molecule has 0 saturated heterocycles. The molecule has 1 aliphatic heterocycles. The second kappa shape index (κ2) is 7.89. The van der Waals surface area contributed by atoms with Crippen molar-refractivity contribution in [2.45, 2.75) is 17.5 Å². The summed E-state index contributed by atoms with van der Waals surface area (Å²) in [6.07, 6.45) is 3.57. The van der Waals surface area contributed by atoms with E-state index in [-0.39, 0.29) is 18.4 Å². The number of halogens is 2. The third kappa shape index (κ3) is 4.35. The van der Waals surface area contributed by atoms with E-state index in [2.05, 4.69) is 15.2 Å². The summed E-state index contributed by atoms with van der Waals surface area (Å²) in [5.41, 5.74) is 2.30. The Kier molecular flexibility index (Phi) is 5.17. The molecule has 1 N–H and O–H groups in total. The summed E-state index contributed by atoms with van der Waals surface area (Å²) in [5.74, 6) is 1.12. The molecule has 1 aromatic heterocycles. The van der Waals surface area contributed by atoms with Crippen LogP contribution in [0.25, 0.3) is 12.2 Å². The Morgan fingerprint density at radius 2 is 1.96 bits per heavy atom. The average Bonchev–Trinajstić information content (AvgIpc) is 3.13. The van der Waals surface area contributed by atoms with Crippen LogP contribution >= 0.6 is 11.8 Å². The van der Waals surface area contributed by atoms with Crippen LogP contribution in [0.2, 0.25) is 0 Å².